The standard InChI is InChI=1S/C12H21N3/c1-12(2,10-13)5-8-15-9-11-3-6-14-7-4-11/h3-4,6-7,15H,5,8-10,13H2,1-2H3. The van der Waals surface area contributed by atoms with E-state index in [1.54, 1.807) is 0 Å². The quantitative estimate of drug-likeness (QED) is 0.696. The van der Waals surface area contributed by atoms with Crippen molar-refractivity contribution in [2.24, 2.45) is 11.1 Å². The maximum absolute atomic E-state index is 5.66. The Hall–Kier alpha value is -0.930. The second kappa shape index (κ2) is 5.83. The fraction of sp³-hybridized carbons (Fsp3) is 0.583. The van der Waals surface area contributed by atoms with Crippen molar-refractivity contribution in [3.63, 3.8) is 0 Å². The molecular formula is C12H21N3. The van der Waals surface area contributed by atoms with Gasteiger partial charge in [0.2, 0.25) is 0 Å². The van der Waals surface area contributed by atoms with Crippen LogP contribution in [-0.2, 0) is 6.54 Å². The Kier molecular flexibility index (Phi) is 4.72. The summed E-state index contributed by atoms with van der Waals surface area (Å²) >= 11 is 0. The van der Waals surface area contributed by atoms with Crippen LogP contribution in [0.4, 0.5) is 0 Å². The van der Waals surface area contributed by atoms with Crippen LogP contribution in [0.25, 0.3) is 0 Å². The van der Waals surface area contributed by atoms with E-state index in [1.807, 2.05) is 24.5 Å². The topological polar surface area (TPSA) is 50.9 Å². The van der Waals surface area contributed by atoms with Crippen molar-refractivity contribution in [3.8, 4) is 0 Å². The predicted octanol–water partition coefficient (Wildman–Crippen LogP) is 1.55. The van der Waals surface area contributed by atoms with Gasteiger partial charge in [-0.05, 0) is 42.6 Å². The Labute approximate surface area is 92.1 Å². The van der Waals surface area contributed by atoms with E-state index in [2.05, 4.69) is 24.1 Å². The smallest absolute Gasteiger partial charge is 0.0271 e. The lowest BCUT2D eigenvalue weighted by Gasteiger charge is -2.22. The van der Waals surface area contributed by atoms with Gasteiger partial charge in [0.15, 0.2) is 0 Å². The van der Waals surface area contributed by atoms with Crippen LogP contribution in [0.15, 0.2) is 24.5 Å². The summed E-state index contributed by atoms with van der Waals surface area (Å²) < 4.78 is 0. The molecule has 0 spiro atoms. The number of nitrogens with two attached hydrogens (primary N) is 1. The van der Waals surface area contributed by atoms with Gasteiger partial charge in [0.1, 0.15) is 0 Å². The molecule has 1 aromatic rings. The zero-order valence-corrected chi connectivity index (χ0v) is 9.66. The number of hydrogen-bond acceptors (Lipinski definition) is 3. The molecule has 0 atom stereocenters. The van der Waals surface area contributed by atoms with Gasteiger partial charge in [-0.3, -0.25) is 4.98 Å². The predicted molar refractivity (Wildman–Crippen MR) is 63.4 cm³/mol. The number of rotatable bonds is 6. The Morgan fingerprint density at radius 3 is 2.60 bits per heavy atom. The lowest BCUT2D eigenvalue weighted by molar-refractivity contribution is 0.339. The lowest BCUT2D eigenvalue weighted by Crippen LogP contribution is -2.28. The molecule has 0 unspecified atom stereocenters. The number of pyridine rings is 1. The average Bonchev–Trinajstić information content (AvgIpc) is 2.26. The van der Waals surface area contributed by atoms with Crippen LogP contribution >= 0.6 is 0 Å². The van der Waals surface area contributed by atoms with Gasteiger partial charge < -0.3 is 11.1 Å². The summed E-state index contributed by atoms with van der Waals surface area (Å²) in [5.74, 6) is 0. The van der Waals surface area contributed by atoms with Crippen LogP contribution in [0.2, 0.25) is 0 Å². The SMILES string of the molecule is CC(C)(CN)CCNCc1ccncc1. The molecule has 0 aliphatic carbocycles. The summed E-state index contributed by atoms with van der Waals surface area (Å²) in [6.45, 7) is 7.04. The fourth-order valence-electron chi connectivity index (χ4n) is 1.26. The minimum atomic E-state index is 0.241. The first-order valence-corrected chi connectivity index (χ1v) is 5.44. The van der Waals surface area contributed by atoms with Crippen LogP contribution < -0.4 is 11.1 Å². The van der Waals surface area contributed by atoms with Crippen molar-refractivity contribution in [1.29, 1.82) is 0 Å². The third kappa shape index (κ3) is 4.91. The molecule has 0 fully saturated rings. The Morgan fingerprint density at radius 2 is 2.00 bits per heavy atom. The second-order valence-electron chi connectivity index (χ2n) is 4.65. The first-order chi connectivity index (χ1) is 7.14. The molecule has 3 N–H and O–H groups in total. The molecule has 1 rings (SSSR count). The van der Waals surface area contributed by atoms with E-state index < -0.39 is 0 Å². The van der Waals surface area contributed by atoms with Gasteiger partial charge >= 0.3 is 0 Å². The first kappa shape index (κ1) is 12.1. The summed E-state index contributed by atoms with van der Waals surface area (Å²) in [4.78, 5) is 3.98. The normalized spacial score (nSPS) is 11.7. The first-order valence-electron chi connectivity index (χ1n) is 5.44. The minimum absolute atomic E-state index is 0.241. The molecule has 0 aliphatic rings. The van der Waals surface area contributed by atoms with Gasteiger partial charge in [0.05, 0.1) is 0 Å². The molecule has 0 saturated heterocycles. The lowest BCUT2D eigenvalue weighted by atomic mass is 9.90. The minimum Gasteiger partial charge on any atom is -0.330 e. The maximum atomic E-state index is 5.66. The Balaban J connectivity index is 2.18. The van der Waals surface area contributed by atoms with Gasteiger partial charge in [-0.2, -0.15) is 0 Å². The molecule has 3 nitrogen and oxygen atoms in total. The van der Waals surface area contributed by atoms with Crippen LogP contribution in [0.5, 0.6) is 0 Å². The van der Waals surface area contributed by atoms with E-state index in [1.165, 1.54) is 5.56 Å². The molecular weight excluding hydrogens is 186 g/mol. The van der Waals surface area contributed by atoms with E-state index in [9.17, 15) is 0 Å². The molecule has 0 aliphatic heterocycles. The maximum Gasteiger partial charge on any atom is 0.0271 e. The highest BCUT2D eigenvalue weighted by Crippen LogP contribution is 2.16. The monoisotopic (exact) mass is 207 g/mol. The Bertz CT molecular complexity index is 269. The van der Waals surface area contributed by atoms with Crippen LogP contribution in [0, 0.1) is 5.41 Å². The molecule has 84 valence electrons. The zero-order chi connectivity index (χ0) is 11.1. The third-order valence-electron chi connectivity index (χ3n) is 2.61. The van der Waals surface area contributed by atoms with Crippen LogP contribution in [0.1, 0.15) is 25.8 Å². The highest BCUT2D eigenvalue weighted by molar-refractivity contribution is 5.08. The molecule has 0 aromatic carbocycles. The van der Waals surface area contributed by atoms with Gasteiger partial charge in [-0.25, -0.2) is 0 Å². The van der Waals surface area contributed by atoms with Crippen molar-refractivity contribution >= 4 is 0 Å². The summed E-state index contributed by atoms with van der Waals surface area (Å²) in [5.41, 5.74) is 7.18. The number of hydrogen-bond donors (Lipinski definition) is 2. The van der Waals surface area contributed by atoms with Gasteiger partial charge in [-0.1, -0.05) is 13.8 Å². The fourth-order valence-corrected chi connectivity index (χ4v) is 1.26. The number of nitrogens with zero attached hydrogens (tertiary/aromatic N) is 1. The molecule has 0 amide bonds. The highest BCUT2D eigenvalue weighted by Gasteiger charge is 2.13. The van der Waals surface area contributed by atoms with Gasteiger partial charge in [0, 0.05) is 18.9 Å². The van der Waals surface area contributed by atoms with Crippen LogP contribution in [0.3, 0.4) is 0 Å². The van der Waals surface area contributed by atoms with Crippen molar-refractivity contribution < 1.29 is 0 Å². The van der Waals surface area contributed by atoms with E-state index in [4.69, 9.17) is 5.73 Å². The van der Waals surface area contributed by atoms with Crippen LogP contribution in [-0.4, -0.2) is 18.1 Å². The third-order valence-corrected chi connectivity index (χ3v) is 2.61. The summed E-state index contributed by atoms with van der Waals surface area (Å²) in [7, 11) is 0. The number of aromatic nitrogens is 1. The van der Waals surface area contributed by atoms with Gasteiger partial charge in [0.25, 0.3) is 0 Å². The molecule has 1 heterocycles. The van der Waals surface area contributed by atoms with E-state index in [0.717, 1.165) is 26.1 Å². The second-order valence-corrected chi connectivity index (χ2v) is 4.65. The average molecular weight is 207 g/mol. The molecule has 1 aromatic heterocycles. The molecule has 15 heavy (non-hydrogen) atoms. The molecule has 0 radical (unpaired) electrons. The van der Waals surface area contributed by atoms with E-state index in [0.29, 0.717) is 0 Å². The summed E-state index contributed by atoms with van der Waals surface area (Å²) in [6.07, 6.45) is 4.75. The molecule has 3 heteroatoms. The van der Waals surface area contributed by atoms with Crippen molar-refractivity contribution in [1.82, 2.24) is 10.3 Å². The zero-order valence-electron chi connectivity index (χ0n) is 9.66. The van der Waals surface area contributed by atoms with Crippen molar-refractivity contribution in [2.75, 3.05) is 13.1 Å². The number of nitrogens with one attached hydrogen (secondary N) is 1. The summed E-state index contributed by atoms with van der Waals surface area (Å²) in [5, 5.41) is 3.41. The van der Waals surface area contributed by atoms with Crippen molar-refractivity contribution in [2.45, 2.75) is 26.8 Å². The molecule has 0 saturated carbocycles. The largest absolute Gasteiger partial charge is 0.330 e. The van der Waals surface area contributed by atoms with Crippen molar-refractivity contribution in [3.05, 3.63) is 30.1 Å². The molecule has 0 bridgehead atoms. The van der Waals surface area contributed by atoms with Gasteiger partial charge in [-0.15, -0.1) is 0 Å². The Morgan fingerprint density at radius 1 is 1.33 bits per heavy atom. The van der Waals surface area contributed by atoms with E-state index >= 15 is 0 Å². The summed E-state index contributed by atoms with van der Waals surface area (Å²) in [6, 6.07) is 4.06. The van der Waals surface area contributed by atoms with E-state index in [-0.39, 0.29) is 5.41 Å². The highest BCUT2D eigenvalue weighted by atomic mass is 14.8.